The lowest BCUT2D eigenvalue weighted by molar-refractivity contribution is 0.727. The lowest BCUT2D eigenvalue weighted by Gasteiger charge is -2.30. The van der Waals surface area contributed by atoms with E-state index < -0.39 is 0 Å². The van der Waals surface area contributed by atoms with Crippen molar-refractivity contribution in [2.24, 2.45) is 7.05 Å². The summed E-state index contributed by atoms with van der Waals surface area (Å²) in [5.74, 6) is 0.701. The van der Waals surface area contributed by atoms with Crippen LogP contribution in [0.3, 0.4) is 0 Å². The normalized spacial score (nSPS) is 14.1. The predicted octanol–water partition coefficient (Wildman–Crippen LogP) is 1.39. The van der Waals surface area contributed by atoms with Crippen LogP contribution in [-0.2, 0) is 7.05 Å². The molecule has 0 N–H and O–H groups in total. The molecule has 6 heteroatoms. The van der Waals surface area contributed by atoms with Gasteiger partial charge in [0.15, 0.2) is 0 Å². The maximum Gasteiger partial charge on any atom is 0.255 e. The molecule has 3 heterocycles. The molecule has 0 atom stereocenters. The highest BCUT2D eigenvalue weighted by Crippen LogP contribution is 2.24. The third-order valence-corrected chi connectivity index (χ3v) is 4.91. The number of hydrogen-bond acceptors (Lipinski definition) is 4. The summed E-state index contributed by atoms with van der Waals surface area (Å²) >= 11 is 0. The molecule has 0 radical (unpaired) electrons. The van der Waals surface area contributed by atoms with Gasteiger partial charge in [-0.15, -0.1) is 0 Å². The molecule has 0 amide bonds. The van der Waals surface area contributed by atoms with Crippen LogP contribution in [0.25, 0.3) is 16.8 Å². The highest BCUT2D eigenvalue weighted by molar-refractivity contribution is 6.32. The molecule has 134 valence electrons. The van der Waals surface area contributed by atoms with E-state index in [4.69, 9.17) is 4.98 Å². The molecular formula is C21H21BN4O. The van der Waals surface area contributed by atoms with Crippen LogP contribution < -0.4 is 15.9 Å². The van der Waals surface area contributed by atoms with Gasteiger partial charge in [-0.05, 0) is 29.7 Å². The Morgan fingerprint density at radius 2 is 1.89 bits per heavy atom. The first-order valence-electron chi connectivity index (χ1n) is 9.11. The summed E-state index contributed by atoms with van der Waals surface area (Å²) in [6.07, 6.45) is 6.65. The Morgan fingerprint density at radius 3 is 2.67 bits per heavy atom. The van der Waals surface area contributed by atoms with Gasteiger partial charge in [-0.2, -0.15) is 0 Å². The van der Waals surface area contributed by atoms with Gasteiger partial charge in [0, 0.05) is 44.2 Å². The summed E-state index contributed by atoms with van der Waals surface area (Å²) in [7, 11) is 3.89. The van der Waals surface area contributed by atoms with E-state index in [0.717, 1.165) is 25.1 Å². The number of aromatic nitrogens is 3. The third-order valence-electron chi connectivity index (χ3n) is 4.91. The Bertz CT molecular complexity index is 1060. The quantitative estimate of drug-likeness (QED) is 0.666. The minimum absolute atomic E-state index is 0.0570. The monoisotopic (exact) mass is 356 g/mol. The van der Waals surface area contributed by atoms with Crippen molar-refractivity contribution >= 4 is 24.8 Å². The third kappa shape index (κ3) is 3.56. The second-order valence-corrected chi connectivity index (χ2v) is 6.88. The first-order chi connectivity index (χ1) is 13.1. The summed E-state index contributed by atoms with van der Waals surface area (Å²) < 4.78 is 1.63. The lowest BCUT2D eigenvalue weighted by atomic mass is 9.91. The fourth-order valence-electron chi connectivity index (χ4n) is 3.45. The maximum atomic E-state index is 12.5. The molecule has 0 spiro atoms. The largest absolute Gasteiger partial charge is 0.338 e. The topological polar surface area (TPSA) is 51.0 Å². The zero-order chi connectivity index (χ0) is 18.8. The standard InChI is InChI=1S/C21H21BN4O/c1-25-20(27)13-19(15-7-9-23-10-8-15)24-21(25)26-11-3-5-17(14-26)16-4-2-6-18(22)12-16/h2,4-10,12-13H,3,11,14,22H2,1H3. The van der Waals surface area contributed by atoms with E-state index in [0.29, 0.717) is 11.6 Å². The van der Waals surface area contributed by atoms with Gasteiger partial charge in [0.05, 0.1) is 5.69 Å². The summed E-state index contributed by atoms with van der Waals surface area (Å²) in [6, 6.07) is 13.9. The molecular weight excluding hydrogens is 335 g/mol. The minimum Gasteiger partial charge on any atom is -0.338 e. The van der Waals surface area contributed by atoms with E-state index >= 15 is 0 Å². The summed E-state index contributed by atoms with van der Waals surface area (Å²) in [4.78, 5) is 23.6. The molecule has 0 unspecified atom stereocenters. The number of hydrogen-bond donors (Lipinski definition) is 0. The van der Waals surface area contributed by atoms with Gasteiger partial charge in [-0.3, -0.25) is 14.3 Å². The Hall–Kier alpha value is -3.15. The second-order valence-electron chi connectivity index (χ2n) is 6.88. The zero-order valence-electron chi connectivity index (χ0n) is 15.6. The maximum absolute atomic E-state index is 12.5. The van der Waals surface area contributed by atoms with E-state index in [-0.39, 0.29) is 5.56 Å². The van der Waals surface area contributed by atoms with E-state index in [9.17, 15) is 4.79 Å². The molecule has 0 saturated carbocycles. The van der Waals surface area contributed by atoms with Crippen molar-refractivity contribution in [3.05, 3.63) is 76.9 Å². The van der Waals surface area contributed by atoms with Crippen molar-refractivity contribution in [1.82, 2.24) is 14.5 Å². The summed E-state index contributed by atoms with van der Waals surface area (Å²) in [5.41, 5.74) is 5.27. The Balaban J connectivity index is 1.70. The van der Waals surface area contributed by atoms with Gasteiger partial charge in [-0.25, -0.2) is 4.98 Å². The van der Waals surface area contributed by atoms with Crippen LogP contribution in [-0.4, -0.2) is 35.5 Å². The summed E-state index contributed by atoms with van der Waals surface area (Å²) in [6.45, 7) is 1.58. The Kier molecular flexibility index (Phi) is 4.63. The first-order valence-corrected chi connectivity index (χ1v) is 9.11. The molecule has 1 aliphatic heterocycles. The van der Waals surface area contributed by atoms with Gasteiger partial charge in [-0.1, -0.05) is 35.8 Å². The Morgan fingerprint density at radius 1 is 1.07 bits per heavy atom. The average molecular weight is 356 g/mol. The van der Waals surface area contributed by atoms with Crippen molar-refractivity contribution in [3.8, 4) is 11.3 Å². The predicted molar refractivity (Wildman–Crippen MR) is 112 cm³/mol. The van der Waals surface area contributed by atoms with Crippen molar-refractivity contribution in [2.75, 3.05) is 18.0 Å². The average Bonchev–Trinajstić information content (AvgIpc) is 2.71. The number of rotatable bonds is 3. The zero-order valence-corrected chi connectivity index (χ0v) is 15.6. The van der Waals surface area contributed by atoms with Crippen LogP contribution in [0.15, 0.2) is 65.7 Å². The smallest absolute Gasteiger partial charge is 0.255 e. The number of pyridine rings is 1. The molecule has 3 aromatic rings. The number of benzene rings is 1. The molecule has 27 heavy (non-hydrogen) atoms. The van der Waals surface area contributed by atoms with Crippen molar-refractivity contribution < 1.29 is 0 Å². The molecule has 0 bridgehead atoms. The van der Waals surface area contributed by atoms with E-state index in [1.807, 2.05) is 12.1 Å². The van der Waals surface area contributed by atoms with Gasteiger partial charge in [0.2, 0.25) is 5.95 Å². The molecule has 0 saturated heterocycles. The van der Waals surface area contributed by atoms with Gasteiger partial charge < -0.3 is 4.90 Å². The molecule has 5 nitrogen and oxygen atoms in total. The summed E-state index contributed by atoms with van der Waals surface area (Å²) in [5, 5.41) is 0. The highest BCUT2D eigenvalue weighted by Gasteiger charge is 2.19. The van der Waals surface area contributed by atoms with E-state index in [1.165, 1.54) is 16.6 Å². The SMILES string of the molecule is Bc1cccc(C2=CCCN(c3nc(-c4ccncc4)cc(=O)n3C)C2)c1. The van der Waals surface area contributed by atoms with Gasteiger partial charge in [0.1, 0.15) is 7.85 Å². The molecule has 1 aliphatic rings. The van der Waals surface area contributed by atoms with Crippen LogP contribution in [0.2, 0.25) is 0 Å². The Labute approximate surface area is 159 Å². The fourth-order valence-corrected chi connectivity index (χ4v) is 3.45. The van der Waals surface area contributed by atoms with Crippen LogP contribution in [0, 0.1) is 0 Å². The van der Waals surface area contributed by atoms with E-state index in [2.05, 4.69) is 48.1 Å². The van der Waals surface area contributed by atoms with Crippen molar-refractivity contribution in [2.45, 2.75) is 6.42 Å². The highest BCUT2D eigenvalue weighted by atomic mass is 16.1. The van der Waals surface area contributed by atoms with Crippen LogP contribution in [0.1, 0.15) is 12.0 Å². The first kappa shape index (κ1) is 17.3. The molecule has 1 aromatic carbocycles. The molecule has 0 aliphatic carbocycles. The number of anilines is 1. The van der Waals surface area contributed by atoms with Crippen molar-refractivity contribution in [1.29, 1.82) is 0 Å². The number of nitrogens with zero attached hydrogens (tertiary/aromatic N) is 4. The molecule has 0 fully saturated rings. The lowest BCUT2D eigenvalue weighted by Crippen LogP contribution is -2.35. The minimum atomic E-state index is -0.0570. The van der Waals surface area contributed by atoms with Gasteiger partial charge in [0.25, 0.3) is 5.56 Å². The molecule has 4 rings (SSSR count). The molecule has 2 aromatic heterocycles. The van der Waals surface area contributed by atoms with Crippen LogP contribution in [0.5, 0.6) is 0 Å². The van der Waals surface area contributed by atoms with Gasteiger partial charge >= 0.3 is 0 Å². The fraction of sp³-hybridized carbons (Fsp3) is 0.190. The van der Waals surface area contributed by atoms with E-state index in [1.54, 1.807) is 30.1 Å². The van der Waals surface area contributed by atoms with Crippen LogP contribution in [0.4, 0.5) is 5.95 Å². The van der Waals surface area contributed by atoms with Crippen LogP contribution >= 0.6 is 0 Å². The second kappa shape index (κ2) is 7.23. The van der Waals surface area contributed by atoms with Crippen molar-refractivity contribution in [3.63, 3.8) is 0 Å².